The highest BCUT2D eigenvalue weighted by Gasteiger charge is 2.46. The minimum atomic E-state index is -1.07. The first-order valence-corrected chi connectivity index (χ1v) is 33.1. The van der Waals surface area contributed by atoms with Gasteiger partial charge in [-0.3, -0.25) is 33.9 Å². The minimum Gasteiger partial charge on any atom is -0.458 e. The van der Waals surface area contributed by atoms with Crippen LogP contribution in [-0.2, 0) is 42.8 Å². The molecule has 3 aliphatic rings. The molecule has 2 unspecified atom stereocenters. The fourth-order valence-electron chi connectivity index (χ4n) is 12.6. The lowest BCUT2D eigenvalue weighted by atomic mass is 9.95. The molecule has 508 valence electrons. The van der Waals surface area contributed by atoms with Crippen molar-refractivity contribution in [1.29, 1.82) is 0 Å². The van der Waals surface area contributed by atoms with Crippen LogP contribution in [0.4, 0.5) is 14.4 Å². The van der Waals surface area contributed by atoms with Crippen molar-refractivity contribution in [2.75, 3.05) is 13.2 Å². The Balaban J connectivity index is 0.708. The van der Waals surface area contributed by atoms with Crippen molar-refractivity contribution < 1.29 is 76.4 Å². The maximum Gasteiger partial charge on any atom is 0.411 e. The zero-order valence-electron chi connectivity index (χ0n) is 57.4. The van der Waals surface area contributed by atoms with E-state index in [1.54, 1.807) is 118 Å². The summed E-state index contributed by atoms with van der Waals surface area (Å²) in [4.78, 5) is 138. The first kappa shape index (κ1) is 71.0. The van der Waals surface area contributed by atoms with E-state index in [9.17, 15) is 47.9 Å². The molecule has 6 atom stereocenters. The Kier molecular flexibility index (Phi) is 21.5. The molecule has 96 heavy (non-hydrogen) atoms. The van der Waals surface area contributed by atoms with Gasteiger partial charge in [0.15, 0.2) is 36.3 Å². The summed E-state index contributed by atoms with van der Waals surface area (Å²) in [6.45, 7) is 22.1. The number of carbonyl (C=O) groups is 10. The van der Waals surface area contributed by atoms with Gasteiger partial charge in [-0.2, -0.15) is 0 Å². The molecule has 3 heterocycles. The second kappa shape index (κ2) is 29.0. The lowest BCUT2D eigenvalue weighted by molar-refractivity contribution is -0.162. The van der Waals surface area contributed by atoms with E-state index in [4.69, 9.17) is 28.4 Å². The van der Waals surface area contributed by atoms with Crippen LogP contribution in [0.3, 0.4) is 0 Å². The van der Waals surface area contributed by atoms with Crippen molar-refractivity contribution >= 4 is 80.9 Å². The normalized spacial score (nSPS) is 19.0. The number of hydrogen-bond acceptors (Lipinski definition) is 16. The predicted molar refractivity (Wildman–Crippen MR) is 363 cm³/mol. The van der Waals surface area contributed by atoms with Gasteiger partial charge in [-0.15, -0.1) is 0 Å². The van der Waals surface area contributed by atoms with Crippen molar-refractivity contribution in [1.82, 2.24) is 14.7 Å². The van der Waals surface area contributed by atoms with Crippen LogP contribution in [0.15, 0.2) is 121 Å². The Bertz CT molecular complexity index is 3970. The molecular formula is C77H89N3O16. The summed E-state index contributed by atoms with van der Waals surface area (Å²) in [7, 11) is 0. The number of ether oxygens (including phenoxy) is 6. The van der Waals surface area contributed by atoms with Crippen LogP contribution in [0.2, 0.25) is 0 Å². The third-order valence-electron chi connectivity index (χ3n) is 18.0. The number of rotatable bonds is 21. The van der Waals surface area contributed by atoms with Crippen LogP contribution >= 0.6 is 0 Å². The monoisotopic (exact) mass is 1310 g/mol. The van der Waals surface area contributed by atoms with Crippen LogP contribution in [-0.4, -0.2) is 146 Å². The Morgan fingerprint density at radius 3 is 1.01 bits per heavy atom. The van der Waals surface area contributed by atoms with Crippen molar-refractivity contribution in [3.05, 3.63) is 144 Å². The highest BCUT2D eigenvalue weighted by atomic mass is 16.6. The van der Waals surface area contributed by atoms with E-state index in [1.165, 1.54) is 14.7 Å². The maximum absolute atomic E-state index is 13.9. The molecule has 0 N–H and O–H groups in total. The van der Waals surface area contributed by atoms with E-state index in [2.05, 4.69) is 0 Å². The zero-order chi connectivity index (χ0) is 69.8. The number of fused-ring (bicyclic) bond motifs is 2. The van der Waals surface area contributed by atoms with Crippen LogP contribution in [0.5, 0.6) is 0 Å². The number of amides is 3. The molecule has 0 aromatic heterocycles. The molecule has 3 aliphatic heterocycles. The molecule has 0 bridgehead atoms. The van der Waals surface area contributed by atoms with Gasteiger partial charge in [-0.1, -0.05) is 97.1 Å². The molecule has 6 aromatic rings. The molecule has 3 amide bonds. The molecule has 9 rings (SSSR count). The van der Waals surface area contributed by atoms with Crippen molar-refractivity contribution in [2.45, 2.75) is 213 Å². The average molecular weight is 1310 g/mol. The van der Waals surface area contributed by atoms with Gasteiger partial charge in [0.2, 0.25) is 0 Å². The Hall–Kier alpha value is -9.26. The average Bonchev–Trinajstić information content (AvgIpc) is 1.21. The lowest BCUT2D eigenvalue weighted by Crippen LogP contribution is -2.48. The number of hydrogen-bond donors (Lipinski definition) is 0. The van der Waals surface area contributed by atoms with Crippen LogP contribution in [0, 0.1) is 0 Å². The Morgan fingerprint density at radius 2 is 0.646 bits per heavy atom. The molecule has 0 saturated carbocycles. The Labute approximate surface area is 561 Å². The van der Waals surface area contributed by atoms with Gasteiger partial charge in [0, 0.05) is 53.2 Å². The number of Topliss-reactive ketones (excluding diaryl/α,β-unsaturated/α-hetero) is 4. The van der Waals surface area contributed by atoms with Gasteiger partial charge in [0.1, 0.15) is 40.5 Å². The molecule has 0 spiro atoms. The largest absolute Gasteiger partial charge is 0.458 e. The number of nitrogens with zero attached hydrogens (tertiary/aromatic N) is 3. The summed E-state index contributed by atoms with van der Waals surface area (Å²) in [6, 6.07) is 33.2. The third-order valence-corrected chi connectivity index (χ3v) is 18.0. The highest BCUT2D eigenvalue weighted by molar-refractivity contribution is 6.04. The van der Waals surface area contributed by atoms with Crippen LogP contribution < -0.4 is 0 Å². The molecule has 0 aliphatic carbocycles. The van der Waals surface area contributed by atoms with Gasteiger partial charge in [-0.05, 0) is 209 Å². The van der Waals surface area contributed by atoms with E-state index >= 15 is 0 Å². The number of carbonyl (C=O) groups excluding carboxylic acids is 10. The maximum atomic E-state index is 13.9. The summed E-state index contributed by atoms with van der Waals surface area (Å²) < 4.78 is 34.0. The SMILES string of the molecule is CC1CCC(C(=O)OC(C)(C)CCC(=O)c2ccc(-c3ccc4cc(C(=O)COC(=O)[C@@H]5CC[C@@H](C)N5C(=O)OC(C)(C)C)ccc4c3)cc2)N1C(=O)OC(C)(C)CCC(=O)c1ccc(-c2ccc3cc(C(=O)COC(=O)[C@@H]4CC[C@@H](C)N4C(=O)OC(C)(C)C)ccc3c2)cc1. The first-order valence-electron chi connectivity index (χ1n) is 33.1. The topological polar surface area (TPSA) is 236 Å². The fraction of sp³-hybridized carbons (Fsp3) is 0.455. The van der Waals surface area contributed by atoms with Crippen molar-refractivity contribution in [2.24, 2.45) is 0 Å². The molecule has 19 nitrogen and oxygen atoms in total. The van der Waals surface area contributed by atoms with Crippen LogP contribution in [0.25, 0.3) is 43.8 Å². The summed E-state index contributed by atoms with van der Waals surface area (Å²) in [5, 5.41) is 3.35. The first-order chi connectivity index (χ1) is 45.1. The highest BCUT2D eigenvalue weighted by Crippen LogP contribution is 2.35. The van der Waals surface area contributed by atoms with E-state index in [0.717, 1.165) is 43.8 Å². The molecule has 3 fully saturated rings. The van der Waals surface area contributed by atoms with E-state index in [1.807, 2.05) is 93.6 Å². The number of ketones is 4. The number of benzene rings is 6. The van der Waals surface area contributed by atoms with Crippen LogP contribution in [0.1, 0.15) is 196 Å². The summed E-state index contributed by atoms with van der Waals surface area (Å²) >= 11 is 0. The fourth-order valence-corrected chi connectivity index (χ4v) is 12.6. The van der Waals surface area contributed by atoms with Gasteiger partial charge < -0.3 is 28.4 Å². The second-order valence-corrected chi connectivity index (χ2v) is 28.9. The van der Waals surface area contributed by atoms with Crippen molar-refractivity contribution in [3.63, 3.8) is 0 Å². The van der Waals surface area contributed by atoms with E-state index in [0.29, 0.717) is 60.8 Å². The zero-order valence-corrected chi connectivity index (χ0v) is 57.4. The molecular weight excluding hydrogens is 1220 g/mol. The predicted octanol–water partition coefficient (Wildman–Crippen LogP) is 15.1. The van der Waals surface area contributed by atoms with E-state index in [-0.39, 0.29) is 66.9 Å². The quantitative estimate of drug-likeness (QED) is 0.0370. The lowest BCUT2D eigenvalue weighted by Gasteiger charge is -2.33. The Morgan fingerprint density at radius 1 is 0.344 bits per heavy atom. The standard InChI is InChI=1S/C77H89N3O16/c1-46-14-33-61(78(46)71(88)94-74(4,5)6)68(85)91-44-66(83)59-31-29-55-40-53(25-27-57(55)42-59)49-17-21-51(22-18-49)64(81)36-38-76(10,11)93-70(87)63-35-16-48(3)80(63)73(90)96-77(12,13)39-37-65(82)52-23-19-50(20-24-52)54-26-28-58-43-60(32-30-56(58)41-54)67(84)45-92-69(86)62-34-15-47(2)79(62)72(89)95-75(7,8)9/h17-32,40-43,46-48,61-63H,14-16,33-39,44-45H2,1-13H3/t46-,47-,48?,61+,62+,63?/m1/s1. The molecule has 0 radical (unpaired) electrons. The van der Waals surface area contributed by atoms with Gasteiger partial charge in [0.25, 0.3) is 0 Å². The van der Waals surface area contributed by atoms with Crippen molar-refractivity contribution in [3.8, 4) is 22.3 Å². The molecule has 19 heteroatoms. The second-order valence-electron chi connectivity index (χ2n) is 28.9. The molecule has 6 aromatic carbocycles. The number of likely N-dealkylation sites (tertiary alicyclic amines) is 3. The third kappa shape index (κ3) is 17.6. The van der Waals surface area contributed by atoms with Gasteiger partial charge in [0.05, 0.1) is 0 Å². The van der Waals surface area contributed by atoms with Gasteiger partial charge in [-0.25, -0.2) is 28.8 Å². The smallest absolute Gasteiger partial charge is 0.411 e. The minimum absolute atomic E-state index is 0.0853. The van der Waals surface area contributed by atoms with E-state index < -0.39 is 89.9 Å². The summed E-state index contributed by atoms with van der Waals surface area (Å²) in [6.07, 6.45) is 1.68. The molecule has 3 saturated heterocycles. The summed E-state index contributed by atoms with van der Waals surface area (Å²) in [5.74, 6) is -2.92. The summed E-state index contributed by atoms with van der Waals surface area (Å²) in [5.41, 5.74) is 1.65. The number of esters is 3. The van der Waals surface area contributed by atoms with Gasteiger partial charge >= 0.3 is 36.2 Å².